The van der Waals surface area contributed by atoms with Crippen LogP contribution in [0.1, 0.15) is 54.4 Å². The fraction of sp³-hybridized carbons (Fsp3) is 1.00. The Balaban J connectivity index is 2.34. The maximum atomic E-state index is 2.56. The lowest BCUT2D eigenvalue weighted by Gasteiger charge is -2.58. The van der Waals surface area contributed by atoms with Crippen LogP contribution >= 0.6 is 0 Å². The van der Waals surface area contributed by atoms with Gasteiger partial charge >= 0.3 is 0 Å². The van der Waals surface area contributed by atoms with Crippen LogP contribution in [0.15, 0.2) is 0 Å². The zero-order valence-electron chi connectivity index (χ0n) is 10.7. The van der Waals surface area contributed by atoms with Crippen molar-refractivity contribution in [2.45, 2.75) is 54.4 Å². The van der Waals surface area contributed by atoms with Crippen molar-refractivity contribution in [3.63, 3.8) is 0 Å². The molecule has 0 aromatic rings. The molecule has 14 heavy (non-hydrogen) atoms. The van der Waals surface area contributed by atoms with E-state index in [1.54, 1.807) is 0 Å². The van der Waals surface area contributed by atoms with Crippen LogP contribution in [-0.4, -0.2) is 0 Å². The average molecular weight is 194 g/mol. The van der Waals surface area contributed by atoms with Gasteiger partial charge < -0.3 is 0 Å². The van der Waals surface area contributed by atoms with Crippen molar-refractivity contribution in [1.29, 1.82) is 0 Å². The molecule has 2 aliphatic carbocycles. The Kier molecular flexibility index (Phi) is 2.08. The van der Waals surface area contributed by atoms with Crippen LogP contribution in [0, 0.1) is 34.5 Å². The van der Waals surface area contributed by atoms with Gasteiger partial charge in [-0.05, 0) is 47.3 Å². The van der Waals surface area contributed by atoms with Crippen LogP contribution in [0.5, 0.6) is 0 Å². The lowest BCUT2D eigenvalue weighted by atomic mass is 9.47. The average Bonchev–Trinajstić information content (AvgIpc) is 2.25. The van der Waals surface area contributed by atoms with Crippen LogP contribution in [0.4, 0.5) is 0 Å². The van der Waals surface area contributed by atoms with Crippen LogP contribution in [-0.2, 0) is 0 Å². The van der Waals surface area contributed by atoms with Crippen LogP contribution in [0.3, 0.4) is 0 Å². The second-order valence-corrected chi connectivity index (χ2v) is 6.78. The molecule has 2 fully saturated rings. The summed E-state index contributed by atoms with van der Waals surface area (Å²) < 4.78 is 0. The van der Waals surface area contributed by atoms with Gasteiger partial charge in [-0.15, -0.1) is 0 Å². The summed E-state index contributed by atoms with van der Waals surface area (Å²) in [6.45, 7) is 14.9. The number of hydrogen-bond donors (Lipinski definition) is 0. The molecule has 0 heterocycles. The Morgan fingerprint density at radius 3 is 2.07 bits per heavy atom. The van der Waals surface area contributed by atoms with Gasteiger partial charge in [0.2, 0.25) is 0 Å². The first kappa shape index (κ1) is 10.5. The molecule has 2 aliphatic rings. The first-order valence-electron chi connectivity index (χ1n) is 6.34. The lowest BCUT2D eigenvalue weighted by Crippen LogP contribution is -2.51. The van der Waals surface area contributed by atoms with E-state index < -0.39 is 0 Å². The van der Waals surface area contributed by atoms with E-state index in [4.69, 9.17) is 0 Å². The van der Waals surface area contributed by atoms with Crippen molar-refractivity contribution in [2.24, 2.45) is 34.5 Å². The third-order valence-corrected chi connectivity index (χ3v) is 6.31. The maximum absolute atomic E-state index is 2.56. The van der Waals surface area contributed by atoms with Gasteiger partial charge in [0.05, 0.1) is 0 Å². The lowest BCUT2D eigenvalue weighted by molar-refractivity contribution is -0.0976. The van der Waals surface area contributed by atoms with Crippen LogP contribution in [0.25, 0.3) is 0 Å². The molecule has 0 saturated heterocycles. The molecule has 0 heteroatoms. The molecule has 0 N–H and O–H groups in total. The van der Waals surface area contributed by atoms with Crippen molar-refractivity contribution in [3.05, 3.63) is 0 Å². The molecule has 0 aromatic carbocycles. The van der Waals surface area contributed by atoms with E-state index in [9.17, 15) is 0 Å². The third kappa shape index (κ3) is 0.907. The van der Waals surface area contributed by atoms with E-state index in [1.807, 2.05) is 0 Å². The van der Waals surface area contributed by atoms with Gasteiger partial charge in [0.15, 0.2) is 0 Å². The molecular formula is C14H26. The molecule has 0 aromatic heterocycles. The monoisotopic (exact) mass is 194 g/mol. The van der Waals surface area contributed by atoms with E-state index in [2.05, 4.69) is 41.5 Å². The molecule has 5 atom stereocenters. The van der Waals surface area contributed by atoms with Gasteiger partial charge in [-0.2, -0.15) is 0 Å². The minimum Gasteiger partial charge on any atom is -0.0622 e. The Hall–Kier alpha value is 0. The highest BCUT2D eigenvalue weighted by Gasteiger charge is 2.65. The molecule has 0 amide bonds. The minimum atomic E-state index is 0.587. The van der Waals surface area contributed by atoms with Crippen molar-refractivity contribution < 1.29 is 0 Å². The zero-order chi connectivity index (χ0) is 10.7. The second-order valence-electron chi connectivity index (χ2n) is 6.78. The maximum Gasteiger partial charge on any atom is -0.0220 e. The molecule has 0 bridgehead atoms. The predicted octanol–water partition coefficient (Wildman–Crippen LogP) is 4.35. The molecule has 0 aliphatic heterocycles. The van der Waals surface area contributed by atoms with Crippen LogP contribution < -0.4 is 0 Å². The third-order valence-electron chi connectivity index (χ3n) is 6.31. The topological polar surface area (TPSA) is 0 Å². The van der Waals surface area contributed by atoms with Crippen molar-refractivity contribution >= 4 is 0 Å². The molecule has 2 saturated carbocycles. The van der Waals surface area contributed by atoms with Crippen molar-refractivity contribution in [3.8, 4) is 0 Å². The molecule has 2 rings (SSSR count). The Morgan fingerprint density at radius 1 is 1.14 bits per heavy atom. The Labute approximate surface area is 89.5 Å². The molecule has 5 unspecified atom stereocenters. The van der Waals surface area contributed by atoms with E-state index in [0.717, 1.165) is 23.7 Å². The minimum absolute atomic E-state index is 0.587. The van der Waals surface area contributed by atoms with E-state index in [0.29, 0.717) is 10.8 Å². The number of hydrogen-bond acceptors (Lipinski definition) is 0. The molecule has 82 valence electrons. The van der Waals surface area contributed by atoms with Gasteiger partial charge in [-0.1, -0.05) is 41.5 Å². The van der Waals surface area contributed by atoms with Gasteiger partial charge in [0.1, 0.15) is 0 Å². The van der Waals surface area contributed by atoms with Gasteiger partial charge in [0, 0.05) is 0 Å². The molecule has 0 radical (unpaired) electrons. The highest BCUT2D eigenvalue weighted by molar-refractivity contribution is 5.14. The standard InChI is InChI=1S/C14H26/c1-9(2)14(6)11(4)7-12-10(3)8-13(12,14)5/h9-12H,7-8H2,1-6H3. The fourth-order valence-electron chi connectivity index (χ4n) is 4.96. The molecule has 0 spiro atoms. The second kappa shape index (κ2) is 2.77. The van der Waals surface area contributed by atoms with Gasteiger partial charge in [-0.25, -0.2) is 0 Å². The highest BCUT2D eigenvalue weighted by Crippen LogP contribution is 2.72. The largest absolute Gasteiger partial charge is 0.0622 e. The quantitative estimate of drug-likeness (QED) is 0.582. The summed E-state index contributed by atoms with van der Waals surface area (Å²) in [4.78, 5) is 0. The summed E-state index contributed by atoms with van der Waals surface area (Å²) in [5.74, 6) is 3.76. The smallest absolute Gasteiger partial charge is 0.0220 e. The predicted molar refractivity (Wildman–Crippen MR) is 62.1 cm³/mol. The first-order valence-corrected chi connectivity index (χ1v) is 6.34. The first-order chi connectivity index (χ1) is 6.34. The molecule has 0 nitrogen and oxygen atoms in total. The summed E-state index contributed by atoms with van der Waals surface area (Å²) >= 11 is 0. The summed E-state index contributed by atoms with van der Waals surface area (Å²) in [7, 11) is 0. The summed E-state index contributed by atoms with van der Waals surface area (Å²) in [5, 5.41) is 0. The zero-order valence-corrected chi connectivity index (χ0v) is 10.7. The number of fused-ring (bicyclic) bond motifs is 1. The highest BCUT2D eigenvalue weighted by atomic mass is 14.7. The van der Waals surface area contributed by atoms with Gasteiger partial charge in [-0.3, -0.25) is 0 Å². The normalized spacial score (nSPS) is 57.2. The SMILES string of the molecule is CC1CC2(C)C1CC(C)C2(C)C(C)C. The summed E-state index contributed by atoms with van der Waals surface area (Å²) in [6.07, 6.45) is 2.95. The van der Waals surface area contributed by atoms with Gasteiger partial charge in [0.25, 0.3) is 0 Å². The fourth-order valence-corrected chi connectivity index (χ4v) is 4.96. The molecular weight excluding hydrogens is 168 g/mol. The Bertz CT molecular complexity index is 242. The summed E-state index contributed by atoms with van der Waals surface area (Å²) in [5.41, 5.74) is 1.24. The van der Waals surface area contributed by atoms with E-state index in [-0.39, 0.29) is 0 Å². The van der Waals surface area contributed by atoms with Crippen molar-refractivity contribution in [1.82, 2.24) is 0 Å². The van der Waals surface area contributed by atoms with E-state index >= 15 is 0 Å². The van der Waals surface area contributed by atoms with Crippen LogP contribution in [0.2, 0.25) is 0 Å². The van der Waals surface area contributed by atoms with E-state index in [1.165, 1.54) is 12.8 Å². The summed E-state index contributed by atoms with van der Waals surface area (Å²) in [6, 6.07) is 0. The Morgan fingerprint density at radius 2 is 1.71 bits per heavy atom. The van der Waals surface area contributed by atoms with Crippen molar-refractivity contribution in [2.75, 3.05) is 0 Å². The number of rotatable bonds is 1.